The number of carboxylic acid groups (broad SMARTS) is 1. The minimum Gasteiger partial charge on any atom is -0.480 e. The van der Waals surface area contributed by atoms with Gasteiger partial charge in [-0.25, -0.2) is 0 Å². The fraction of sp³-hybridized carbons (Fsp3) is 0.688. The van der Waals surface area contributed by atoms with Crippen molar-refractivity contribution in [1.29, 1.82) is 0 Å². The lowest BCUT2D eigenvalue weighted by atomic mass is 9.94. The van der Waals surface area contributed by atoms with E-state index in [2.05, 4.69) is 10.00 Å². The monoisotopic (exact) mass is 336 g/mol. The molecule has 132 valence electrons. The van der Waals surface area contributed by atoms with E-state index in [0.29, 0.717) is 26.3 Å². The molecule has 24 heavy (non-hydrogen) atoms. The first-order valence-corrected chi connectivity index (χ1v) is 8.45. The third-order valence-electron chi connectivity index (χ3n) is 4.69. The van der Waals surface area contributed by atoms with Crippen molar-refractivity contribution in [1.82, 2.24) is 19.6 Å². The van der Waals surface area contributed by atoms with Gasteiger partial charge in [-0.2, -0.15) is 5.10 Å². The Morgan fingerprint density at radius 2 is 2.04 bits per heavy atom. The highest BCUT2D eigenvalue weighted by molar-refractivity contribution is 5.78. The van der Waals surface area contributed by atoms with Crippen LogP contribution >= 0.6 is 0 Å². The molecule has 2 saturated heterocycles. The van der Waals surface area contributed by atoms with Crippen molar-refractivity contribution in [2.24, 2.45) is 0 Å². The lowest BCUT2D eigenvalue weighted by Gasteiger charge is -2.35. The Morgan fingerprint density at radius 3 is 2.79 bits per heavy atom. The van der Waals surface area contributed by atoms with Gasteiger partial charge in [-0.05, 0) is 18.9 Å². The number of hydrogen-bond donors (Lipinski definition) is 1. The highest BCUT2D eigenvalue weighted by atomic mass is 16.5. The van der Waals surface area contributed by atoms with Crippen LogP contribution in [0.2, 0.25) is 0 Å². The second kappa shape index (κ2) is 7.76. The molecule has 0 spiro atoms. The number of likely N-dealkylation sites (tertiary alicyclic amines) is 1. The van der Waals surface area contributed by atoms with Crippen LogP contribution in [0.5, 0.6) is 0 Å². The molecule has 1 aromatic heterocycles. The van der Waals surface area contributed by atoms with E-state index in [1.165, 1.54) is 4.68 Å². The molecular formula is C16H24N4O4. The zero-order valence-corrected chi connectivity index (χ0v) is 13.8. The number of morpholine rings is 1. The van der Waals surface area contributed by atoms with Gasteiger partial charge in [-0.1, -0.05) is 0 Å². The van der Waals surface area contributed by atoms with E-state index < -0.39 is 5.97 Å². The van der Waals surface area contributed by atoms with Crippen LogP contribution in [0.3, 0.4) is 0 Å². The molecule has 0 aromatic carbocycles. The fourth-order valence-corrected chi connectivity index (χ4v) is 3.45. The number of hydrogen-bond acceptors (Lipinski definition) is 5. The van der Waals surface area contributed by atoms with Gasteiger partial charge in [0.1, 0.15) is 6.54 Å². The van der Waals surface area contributed by atoms with Gasteiger partial charge in [-0.3, -0.25) is 19.2 Å². The maximum Gasteiger partial charge on any atom is 0.325 e. The van der Waals surface area contributed by atoms with Gasteiger partial charge >= 0.3 is 5.97 Å². The summed E-state index contributed by atoms with van der Waals surface area (Å²) < 4.78 is 6.84. The van der Waals surface area contributed by atoms with Crippen molar-refractivity contribution >= 4 is 11.9 Å². The van der Waals surface area contributed by atoms with Crippen molar-refractivity contribution in [3.8, 4) is 0 Å². The molecule has 1 N–H and O–H groups in total. The Kier molecular flexibility index (Phi) is 5.47. The predicted octanol–water partition coefficient (Wildman–Crippen LogP) is 0.00590. The first kappa shape index (κ1) is 16.9. The summed E-state index contributed by atoms with van der Waals surface area (Å²) in [4.78, 5) is 27.6. The summed E-state index contributed by atoms with van der Waals surface area (Å²) in [5, 5.41) is 13.1. The highest BCUT2D eigenvalue weighted by Crippen LogP contribution is 2.27. The number of piperidine rings is 1. The van der Waals surface area contributed by atoms with E-state index in [0.717, 1.165) is 38.2 Å². The van der Waals surface area contributed by atoms with Gasteiger partial charge in [0.05, 0.1) is 19.8 Å². The average Bonchev–Trinajstić information content (AvgIpc) is 3.03. The van der Waals surface area contributed by atoms with Crippen LogP contribution in [-0.2, 0) is 20.9 Å². The molecule has 0 radical (unpaired) electrons. The molecule has 2 aliphatic heterocycles. The number of aromatic nitrogens is 2. The van der Waals surface area contributed by atoms with E-state index in [9.17, 15) is 9.59 Å². The Labute approximate surface area is 141 Å². The Morgan fingerprint density at radius 1 is 1.25 bits per heavy atom. The number of nitrogens with zero attached hydrogens (tertiary/aromatic N) is 4. The van der Waals surface area contributed by atoms with E-state index in [1.54, 1.807) is 6.20 Å². The molecule has 1 aromatic rings. The van der Waals surface area contributed by atoms with Gasteiger partial charge in [0.25, 0.3) is 0 Å². The molecule has 2 fully saturated rings. The highest BCUT2D eigenvalue weighted by Gasteiger charge is 2.28. The van der Waals surface area contributed by atoms with Crippen LogP contribution in [0.4, 0.5) is 0 Å². The molecule has 8 heteroatoms. The predicted molar refractivity (Wildman–Crippen MR) is 85.7 cm³/mol. The molecular weight excluding hydrogens is 312 g/mol. The standard InChI is InChI=1S/C16H24N4O4/c21-15(11-18-6-8-24-9-7-18)19-5-1-2-13(10-19)14-3-4-17-20(14)12-16(22)23/h3-4,13H,1-2,5-12H2,(H,22,23)/t13-/m1/s1. The summed E-state index contributed by atoms with van der Waals surface area (Å²) in [7, 11) is 0. The lowest BCUT2D eigenvalue weighted by molar-refractivity contribution is -0.138. The van der Waals surface area contributed by atoms with Gasteiger partial charge in [0.2, 0.25) is 5.91 Å². The molecule has 0 saturated carbocycles. The molecule has 0 bridgehead atoms. The zero-order chi connectivity index (χ0) is 16.9. The van der Waals surface area contributed by atoms with Gasteiger partial charge in [-0.15, -0.1) is 0 Å². The lowest BCUT2D eigenvalue weighted by Crippen LogP contribution is -2.47. The fourth-order valence-electron chi connectivity index (χ4n) is 3.45. The number of aliphatic carboxylic acids is 1. The molecule has 8 nitrogen and oxygen atoms in total. The first-order chi connectivity index (χ1) is 11.6. The minimum atomic E-state index is -0.906. The zero-order valence-electron chi connectivity index (χ0n) is 13.8. The van der Waals surface area contributed by atoms with E-state index in [-0.39, 0.29) is 18.4 Å². The SMILES string of the molecule is O=C(O)Cn1nccc1[C@@H]1CCCN(C(=O)CN2CCOCC2)C1. The quantitative estimate of drug-likeness (QED) is 0.815. The molecule has 0 aliphatic carbocycles. The topological polar surface area (TPSA) is 87.9 Å². The molecule has 0 unspecified atom stereocenters. The van der Waals surface area contributed by atoms with E-state index >= 15 is 0 Å². The van der Waals surface area contributed by atoms with Gasteiger partial charge in [0.15, 0.2) is 0 Å². The van der Waals surface area contributed by atoms with Crippen molar-refractivity contribution in [3.63, 3.8) is 0 Å². The van der Waals surface area contributed by atoms with Crippen molar-refractivity contribution in [3.05, 3.63) is 18.0 Å². The minimum absolute atomic E-state index is 0.138. The number of ether oxygens (including phenoxy) is 1. The van der Waals surface area contributed by atoms with Gasteiger partial charge < -0.3 is 14.7 Å². The maximum absolute atomic E-state index is 12.6. The molecule has 2 aliphatic rings. The third kappa shape index (κ3) is 4.12. The van der Waals surface area contributed by atoms with Crippen molar-refractivity contribution < 1.29 is 19.4 Å². The second-order valence-corrected chi connectivity index (χ2v) is 6.37. The van der Waals surface area contributed by atoms with Crippen LogP contribution < -0.4 is 0 Å². The number of carbonyl (C=O) groups excluding carboxylic acids is 1. The normalized spacial score (nSPS) is 22.5. The molecule has 1 amide bonds. The molecule has 1 atom stereocenters. The summed E-state index contributed by atoms with van der Waals surface area (Å²) in [5.41, 5.74) is 0.904. The smallest absolute Gasteiger partial charge is 0.325 e. The largest absolute Gasteiger partial charge is 0.480 e. The summed E-state index contributed by atoms with van der Waals surface area (Å²) in [6.45, 7) is 4.67. The van der Waals surface area contributed by atoms with Crippen LogP contribution in [0.25, 0.3) is 0 Å². The van der Waals surface area contributed by atoms with E-state index in [4.69, 9.17) is 9.84 Å². The Balaban J connectivity index is 1.60. The van der Waals surface area contributed by atoms with E-state index in [1.807, 2.05) is 11.0 Å². The summed E-state index contributed by atoms with van der Waals surface area (Å²) in [6, 6.07) is 1.86. The number of carbonyl (C=O) groups is 2. The summed E-state index contributed by atoms with van der Waals surface area (Å²) in [6.07, 6.45) is 3.51. The van der Waals surface area contributed by atoms with Gasteiger partial charge in [0, 0.05) is 44.0 Å². The molecule has 3 heterocycles. The molecule has 3 rings (SSSR count). The van der Waals surface area contributed by atoms with Crippen LogP contribution in [0.1, 0.15) is 24.5 Å². The number of rotatable bonds is 5. The van der Waals surface area contributed by atoms with Crippen LogP contribution in [-0.4, -0.2) is 82.5 Å². The number of carboxylic acids is 1. The Hall–Kier alpha value is -1.93. The van der Waals surface area contributed by atoms with Crippen molar-refractivity contribution in [2.45, 2.75) is 25.3 Å². The Bertz CT molecular complexity index is 582. The summed E-state index contributed by atoms with van der Waals surface area (Å²) >= 11 is 0. The number of amides is 1. The average molecular weight is 336 g/mol. The third-order valence-corrected chi connectivity index (χ3v) is 4.69. The second-order valence-electron chi connectivity index (χ2n) is 6.37. The van der Waals surface area contributed by atoms with Crippen LogP contribution in [0.15, 0.2) is 12.3 Å². The van der Waals surface area contributed by atoms with Crippen molar-refractivity contribution in [2.75, 3.05) is 45.9 Å². The maximum atomic E-state index is 12.6. The van der Waals surface area contributed by atoms with Crippen LogP contribution in [0, 0.1) is 0 Å². The summed E-state index contributed by atoms with van der Waals surface area (Å²) in [5.74, 6) is -0.615. The first-order valence-electron chi connectivity index (χ1n) is 8.45.